The fourth-order valence-corrected chi connectivity index (χ4v) is 1.05. The van der Waals surface area contributed by atoms with Crippen LogP contribution >= 0.6 is 0 Å². The molecule has 0 saturated heterocycles. The molecular weight excluding hydrogens is 210 g/mol. The topological polar surface area (TPSA) is 64.6 Å². The van der Waals surface area contributed by atoms with Gasteiger partial charge in [0, 0.05) is 0 Å². The average Bonchev–Trinajstić information content (AvgIpc) is 2.92. The molecule has 5 nitrogen and oxygen atoms in total. The summed E-state index contributed by atoms with van der Waals surface area (Å²) < 4.78 is 10.4. The molecule has 1 amide bonds. The Hall–Kier alpha value is -1.10. The normalized spacial score (nSPS) is 17.7. The van der Waals surface area contributed by atoms with Crippen molar-refractivity contribution in [3.63, 3.8) is 0 Å². The zero-order valence-corrected chi connectivity index (χ0v) is 9.99. The Morgan fingerprint density at radius 1 is 1.50 bits per heavy atom. The molecule has 0 aromatic rings. The maximum atomic E-state index is 11.3. The quantitative estimate of drug-likeness (QED) is 0.721. The first kappa shape index (κ1) is 13.0. The van der Waals surface area contributed by atoms with Gasteiger partial charge in [-0.3, -0.25) is 0 Å². The molecule has 0 bridgehead atoms. The number of amides is 1. The summed E-state index contributed by atoms with van der Waals surface area (Å²) in [5.41, 5.74) is -0.561. The molecule has 1 aliphatic carbocycles. The summed E-state index contributed by atoms with van der Waals surface area (Å²) in [4.78, 5) is 22.0. The largest absolute Gasteiger partial charge is 0.444 e. The summed E-state index contributed by atoms with van der Waals surface area (Å²) in [6, 6.07) is -0.629. The molecule has 0 spiro atoms. The first-order chi connectivity index (χ1) is 7.40. The van der Waals surface area contributed by atoms with Gasteiger partial charge in [-0.15, -0.1) is 0 Å². The monoisotopic (exact) mass is 229 g/mol. The minimum absolute atomic E-state index is 0.216. The second-order valence-electron chi connectivity index (χ2n) is 4.92. The number of nitrogens with one attached hydrogen (secondary N) is 1. The molecule has 0 radical (unpaired) electrons. The van der Waals surface area contributed by atoms with Gasteiger partial charge in [0.2, 0.25) is 0 Å². The Bertz CT molecular complexity index is 255. The van der Waals surface area contributed by atoms with Crippen LogP contribution in [0.15, 0.2) is 0 Å². The Labute approximate surface area is 95.5 Å². The van der Waals surface area contributed by atoms with Crippen LogP contribution in [0, 0.1) is 0 Å². The molecule has 0 aromatic carbocycles. The maximum absolute atomic E-state index is 11.3. The molecule has 1 saturated carbocycles. The van der Waals surface area contributed by atoms with Crippen LogP contribution in [0.1, 0.15) is 33.6 Å². The number of carbonyl (C=O) groups is 2. The van der Waals surface area contributed by atoms with Gasteiger partial charge in [0.25, 0.3) is 0 Å². The van der Waals surface area contributed by atoms with Gasteiger partial charge in [-0.1, -0.05) is 0 Å². The summed E-state index contributed by atoms with van der Waals surface area (Å²) in [5.74, 6) is 0. The number of carbonyl (C=O) groups excluding carboxylic acids is 2. The zero-order chi connectivity index (χ0) is 12.2. The molecule has 1 fully saturated rings. The molecule has 92 valence electrons. The standard InChI is InChI=1S/C11H19NO4/c1-11(2,3)16-10(14)12-8(6-13)7-15-9-4-5-9/h6,8-9H,4-5,7H2,1-3H3,(H,12,14)/t8-/m1/s1. The molecular formula is C11H19NO4. The third-order valence-corrected chi connectivity index (χ3v) is 1.90. The first-order valence-electron chi connectivity index (χ1n) is 5.47. The van der Waals surface area contributed by atoms with E-state index in [1.165, 1.54) is 0 Å². The predicted octanol–water partition coefficient (Wildman–Crippen LogP) is 1.26. The van der Waals surface area contributed by atoms with Crippen LogP contribution in [0.3, 0.4) is 0 Å². The maximum Gasteiger partial charge on any atom is 0.408 e. The van der Waals surface area contributed by atoms with Gasteiger partial charge in [-0.05, 0) is 33.6 Å². The highest BCUT2D eigenvalue weighted by Crippen LogP contribution is 2.23. The molecule has 0 heterocycles. The van der Waals surface area contributed by atoms with Gasteiger partial charge in [0.05, 0.1) is 12.7 Å². The molecule has 0 aromatic heterocycles. The minimum atomic E-state index is -0.629. The molecule has 5 heteroatoms. The second kappa shape index (κ2) is 5.30. The average molecular weight is 229 g/mol. The van der Waals surface area contributed by atoms with Crippen LogP contribution in [0.4, 0.5) is 4.79 Å². The summed E-state index contributed by atoms with van der Waals surface area (Å²) in [5, 5.41) is 2.45. The van der Waals surface area contributed by atoms with Crippen molar-refractivity contribution in [3.8, 4) is 0 Å². The van der Waals surface area contributed by atoms with Gasteiger partial charge in [-0.25, -0.2) is 4.79 Å². The van der Waals surface area contributed by atoms with E-state index in [0.717, 1.165) is 12.8 Å². The Kier molecular flexibility index (Phi) is 4.29. The Morgan fingerprint density at radius 2 is 2.12 bits per heavy atom. The van der Waals surface area contributed by atoms with Crippen molar-refractivity contribution in [2.24, 2.45) is 0 Å². The van der Waals surface area contributed by atoms with Crippen molar-refractivity contribution in [2.75, 3.05) is 6.61 Å². The Morgan fingerprint density at radius 3 is 2.56 bits per heavy atom. The van der Waals surface area contributed by atoms with Crippen molar-refractivity contribution in [1.82, 2.24) is 5.32 Å². The van der Waals surface area contributed by atoms with Crippen molar-refractivity contribution < 1.29 is 19.1 Å². The molecule has 16 heavy (non-hydrogen) atoms. The SMILES string of the molecule is CC(C)(C)OC(=O)N[C@H](C=O)COC1CC1. The number of hydrogen-bond acceptors (Lipinski definition) is 4. The van der Waals surface area contributed by atoms with Crippen LogP contribution in [-0.4, -0.2) is 36.7 Å². The third-order valence-electron chi connectivity index (χ3n) is 1.90. The molecule has 1 N–H and O–H groups in total. The molecule has 1 aliphatic rings. The summed E-state index contributed by atoms with van der Waals surface area (Å²) in [6.45, 7) is 5.52. The summed E-state index contributed by atoms with van der Waals surface area (Å²) >= 11 is 0. The highest BCUT2D eigenvalue weighted by Gasteiger charge is 2.25. The molecule has 1 atom stereocenters. The van der Waals surface area contributed by atoms with Gasteiger partial charge < -0.3 is 19.6 Å². The first-order valence-corrected chi connectivity index (χ1v) is 5.47. The van der Waals surface area contributed by atoms with E-state index in [1.807, 2.05) is 0 Å². The van der Waals surface area contributed by atoms with Crippen LogP contribution in [0.25, 0.3) is 0 Å². The molecule has 0 aliphatic heterocycles. The van der Waals surface area contributed by atoms with E-state index in [-0.39, 0.29) is 12.7 Å². The lowest BCUT2D eigenvalue weighted by Gasteiger charge is -2.21. The van der Waals surface area contributed by atoms with Crippen molar-refractivity contribution >= 4 is 12.4 Å². The summed E-state index contributed by atoms with van der Waals surface area (Å²) in [6.07, 6.45) is 2.41. The lowest BCUT2D eigenvalue weighted by molar-refractivity contribution is -0.111. The lowest BCUT2D eigenvalue weighted by atomic mass is 10.2. The van der Waals surface area contributed by atoms with E-state index in [4.69, 9.17) is 9.47 Å². The number of aldehydes is 1. The van der Waals surface area contributed by atoms with Crippen LogP contribution in [-0.2, 0) is 14.3 Å². The van der Waals surface area contributed by atoms with Crippen LogP contribution < -0.4 is 5.32 Å². The van der Waals surface area contributed by atoms with Crippen LogP contribution in [0.2, 0.25) is 0 Å². The predicted molar refractivity (Wildman–Crippen MR) is 58.2 cm³/mol. The third kappa shape index (κ3) is 5.70. The Balaban J connectivity index is 2.25. The number of alkyl carbamates (subject to hydrolysis) is 1. The highest BCUT2D eigenvalue weighted by molar-refractivity contribution is 5.73. The fraction of sp³-hybridized carbons (Fsp3) is 0.818. The van der Waals surface area contributed by atoms with Crippen molar-refractivity contribution in [2.45, 2.75) is 51.4 Å². The van der Waals surface area contributed by atoms with Gasteiger partial charge in [0.1, 0.15) is 17.9 Å². The number of rotatable bonds is 5. The van der Waals surface area contributed by atoms with E-state index in [0.29, 0.717) is 6.29 Å². The number of ether oxygens (including phenoxy) is 2. The summed E-state index contributed by atoms with van der Waals surface area (Å²) in [7, 11) is 0. The van der Waals surface area contributed by atoms with Gasteiger partial charge in [-0.2, -0.15) is 0 Å². The van der Waals surface area contributed by atoms with E-state index in [2.05, 4.69) is 5.32 Å². The second-order valence-corrected chi connectivity index (χ2v) is 4.92. The van der Waals surface area contributed by atoms with E-state index >= 15 is 0 Å². The minimum Gasteiger partial charge on any atom is -0.444 e. The van der Waals surface area contributed by atoms with Gasteiger partial charge in [0.15, 0.2) is 0 Å². The number of hydrogen-bond donors (Lipinski definition) is 1. The van der Waals surface area contributed by atoms with E-state index < -0.39 is 17.7 Å². The smallest absolute Gasteiger partial charge is 0.408 e. The highest BCUT2D eigenvalue weighted by atomic mass is 16.6. The molecule has 1 rings (SSSR count). The zero-order valence-electron chi connectivity index (χ0n) is 9.99. The van der Waals surface area contributed by atoms with Crippen molar-refractivity contribution in [3.05, 3.63) is 0 Å². The van der Waals surface area contributed by atoms with Crippen molar-refractivity contribution in [1.29, 1.82) is 0 Å². The molecule has 0 unspecified atom stereocenters. The van der Waals surface area contributed by atoms with E-state index in [9.17, 15) is 9.59 Å². The lowest BCUT2D eigenvalue weighted by Crippen LogP contribution is -2.42. The van der Waals surface area contributed by atoms with Crippen LogP contribution in [0.5, 0.6) is 0 Å². The fourth-order valence-electron chi connectivity index (χ4n) is 1.05. The van der Waals surface area contributed by atoms with E-state index in [1.54, 1.807) is 20.8 Å². The van der Waals surface area contributed by atoms with Gasteiger partial charge >= 0.3 is 6.09 Å².